The highest BCUT2D eigenvalue weighted by molar-refractivity contribution is 5.95. The summed E-state index contributed by atoms with van der Waals surface area (Å²) in [5.41, 5.74) is 2.28. The van der Waals surface area contributed by atoms with E-state index in [1.807, 2.05) is 6.07 Å². The van der Waals surface area contributed by atoms with Gasteiger partial charge in [0.05, 0.1) is 7.11 Å². The van der Waals surface area contributed by atoms with Crippen LogP contribution in [0.1, 0.15) is 17.3 Å². The maximum absolute atomic E-state index is 12.9. The van der Waals surface area contributed by atoms with E-state index in [4.69, 9.17) is 4.74 Å². The number of ether oxygens (including phenoxy) is 1. The van der Waals surface area contributed by atoms with Crippen LogP contribution in [0.5, 0.6) is 5.75 Å². The summed E-state index contributed by atoms with van der Waals surface area (Å²) in [5, 5.41) is 0. The Morgan fingerprint density at radius 1 is 1.11 bits per heavy atom. The van der Waals surface area contributed by atoms with Crippen LogP contribution in [0, 0.1) is 5.82 Å². The van der Waals surface area contributed by atoms with Crippen molar-refractivity contribution >= 4 is 5.78 Å². The number of halogens is 1. The van der Waals surface area contributed by atoms with Crippen LogP contribution in [-0.4, -0.2) is 12.9 Å². The van der Waals surface area contributed by atoms with Gasteiger partial charge in [0, 0.05) is 11.1 Å². The van der Waals surface area contributed by atoms with Gasteiger partial charge in [-0.1, -0.05) is 18.2 Å². The molecule has 92 valence electrons. The molecule has 0 spiro atoms. The second kappa shape index (κ2) is 5.00. The Labute approximate surface area is 105 Å². The molecular weight excluding hydrogens is 231 g/mol. The number of hydrogen-bond acceptors (Lipinski definition) is 2. The first-order chi connectivity index (χ1) is 8.61. The molecule has 3 heteroatoms. The number of methoxy groups -OCH3 is 1. The molecule has 18 heavy (non-hydrogen) atoms. The van der Waals surface area contributed by atoms with Crippen LogP contribution >= 0.6 is 0 Å². The Morgan fingerprint density at radius 2 is 1.78 bits per heavy atom. The zero-order valence-electron chi connectivity index (χ0n) is 10.2. The van der Waals surface area contributed by atoms with E-state index in [-0.39, 0.29) is 11.6 Å². The maximum atomic E-state index is 12.9. The van der Waals surface area contributed by atoms with Gasteiger partial charge >= 0.3 is 0 Å². The minimum absolute atomic E-state index is 0.0149. The SMILES string of the molecule is COc1cc(C(C)=O)ccc1-c1ccc(F)cc1. The Bertz CT molecular complexity index is 574. The summed E-state index contributed by atoms with van der Waals surface area (Å²) < 4.78 is 18.2. The lowest BCUT2D eigenvalue weighted by Crippen LogP contribution is -1.95. The molecule has 2 aromatic carbocycles. The number of ketones is 1. The summed E-state index contributed by atoms with van der Waals surface area (Å²) in [6.45, 7) is 1.51. The number of Topliss-reactive ketones (excluding diaryl/α,β-unsaturated/α-hetero) is 1. The Kier molecular flexibility index (Phi) is 3.42. The van der Waals surface area contributed by atoms with E-state index in [0.717, 1.165) is 11.1 Å². The Morgan fingerprint density at radius 3 is 2.33 bits per heavy atom. The third kappa shape index (κ3) is 2.40. The van der Waals surface area contributed by atoms with E-state index in [2.05, 4.69) is 0 Å². The second-order valence-corrected chi connectivity index (χ2v) is 3.98. The summed E-state index contributed by atoms with van der Waals surface area (Å²) in [7, 11) is 1.55. The van der Waals surface area contributed by atoms with Gasteiger partial charge in [0.25, 0.3) is 0 Å². The largest absolute Gasteiger partial charge is 0.496 e. The van der Waals surface area contributed by atoms with Gasteiger partial charge in [0.2, 0.25) is 0 Å². The van der Waals surface area contributed by atoms with Crippen LogP contribution in [0.15, 0.2) is 42.5 Å². The lowest BCUT2D eigenvalue weighted by atomic mass is 10.0. The molecule has 0 fully saturated rings. The zero-order valence-corrected chi connectivity index (χ0v) is 10.2. The molecule has 2 rings (SSSR count). The van der Waals surface area contributed by atoms with Crippen molar-refractivity contribution in [2.24, 2.45) is 0 Å². The molecule has 0 aliphatic rings. The molecule has 0 bridgehead atoms. The fourth-order valence-corrected chi connectivity index (χ4v) is 1.78. The molecule has 2 nitrogen and oxygen atoms in total. The molecule has 0 saturated heterocycles. The molecular formula is C15H13FO2. The minimum atomic E-state index is -0.280. The molecule has 0 aliphatic carbocycles. The molecule has 0 radical (unpaired) electrons. The lowest BCUT2D eigenvalue weighted by Gasteiger charge is -2.10. The van der Waals surface area contributed by atoms with Crippen molar-refractivity contribution in [3.05, 3.63) is 53.8 Å². The molecule has 0 aliphatic heterocycles. The van der Waals surface area contributed by atoms with Crippen molar-refractivity contribution in [1.29, 1.82) is 0 Å². The average Bonchev–Trinajstić information content (AvgIpc) is 2.39. The van der Waals surface area contributed by atoms with Gasteiger partial charge in [-0.2, -0.15) is 0 Å². The minimum Gasteiger partial charge on any atom is -0.496 e. The number of carbonyl (C=O) groups is 1. The van der Waals surface area contributed by atoms with Crippen molar-refractivity contribution in [1.82, 2.24) is 0 Å². The predicted octanol–water partition coefficient (Wildman–Crippen LogP) is 3.70. The standard InChI is InChI=1S/C15H13FO2/c1-10(17)12-5-8-14(15(9-12)18-2)11-3-6-13(16)7-4-11/h3-9H,1-2H3. The molecule has 2 aromatic rings. The first kappa shape index (κ1) is 12.3. The number of benzene rings is 2. The first-order valence-corrected chi connectivity index (χ1v) is 5.56. The van der Waals surface area contributed by atoms with Gasteiger partial charge < -0.3 is 4.74 Å². The predicted molar refractivity (Wildman–Crippen MR) is 68.4 cm³/mol. The van der Waals surface area contributed by atoms with E-state index in [0.29, 0.717) is 11.3 Å². The summed E-state index contributed by atoms with van der Waals surface area (Å²) >= 11 is 0. The van der Waals surface area contributed by atoms with Gasteiger partial charge in [-0.15, -0.1) is 0 Å². The first-order valence-electron chi connectivity index (χ1n) is 5.56. The van der Waals surface area contributed by atoms with Crippen molar-refractivity contribution in [2.75, 3.05) is 7.11 Å². The fraction of sp³-hybridized carbons (Fsp3) is 0.133. The topological polar surface area (TPSA) is 26.3 Å². The van der Waals surface area contributed by atoms with E-state index < -0.39 is 0 Å². The second-order valence-electron chi connectivity index (χ2n) is 3.98. The van der Waals surface area contributed by atoms with Crippen molar-refractivity contribution in [2.45, 2.75) is 6.92 Å². The van der Waals surface area contributed by atoms with Crippen LogP contribution in [-0.2, 0) is 0 Å². The molecule has 0 atom stereocenters. The Balaban J connectivity index is 2.50. The third-order valence-corrected chi connectivity index (χ3v) is 2.76. The highest BCUT2D eigenvalue weighted by atomic mass is 19.1. The average molecular weight is 244 g/mol. The van der Waals surface area contributed by atoms with Gasteiger partial charge in [-0.3, -0.25) is 4.79 Å². The quantitative estimate of drug-likeness (QED) is 0.769. The molecule has 0 unspecified atom stereocenters. The van der Waals surface area contributed by atoms with Gasteiger partial charge in [0.1, 0.15) is 11.6 Å². The number of rotatable bonds is 3. The molecule has 0 N–H and O–H groups in total. The normalized spacial score (nSPS) is 10.2. The van der Waals surface area contributed by atoms with E-state index >= 15 is 0 Å². The third-order valence-electron chi connectivity index (χ3n) is 2.76. The summed E-state index contributed by atoms with van der Waals surface area (Å²) in [5.74, 6) is 0.311. The molecule has 0 saturated carbocycles. The fourth-order valence-electron chi connectivity index (χ4n) is 1.78. The Hall–Kier alpha value is -2.16. The maximum Gasteiger partial charge on any atom is 0.159 e. The van der Waals surface area contributed by atoms with E-state index in [1.54, 1.807) is 31.4 Å². The van der Waals surface area contributed by atoms with Gasteiger partial charge in [-0.05, 0) is 36.8 Å². The van der Waals surface area contributed by atoms with Crippen molar-refractivity contribution < 1.29 is 13.9 Å². The van der Waals surface area contributed by atoms with Gasteiger partial charge in [-0.25, -0.2) is 4.39 Å². The van der Waals surface area contributed by atoms with Crippen LogP contribution in [0.3, 0.4) is 0 Å². The van der Waals surface area contributed by atoms with Crippen LogP contribution in [0.25, 0.3) is 11.1 Å². The summed E-state index contributed by atoms with van der Waals surface area (Å²) in [6, 6.07) is 11.4. The molecule has 0 aromatic heterocycles. The summed E-state index contributed by atoms with van der Waals surface area (Å²) in [4.78, 5) is 11.3. The molecule has 0 amide bonds. The number of hydrogen-bond donors (Lipinski definition) is 0. The zero-order chi connectivity index (χ0) is 13.1. The van der Waals surface area contributed by atoms with Crippen LogP contribution in [0.4, 0.5) is 4.39 Å². The van der Waals surface area contributed by atoms with E-state index in [1.165, 1.54) is 19.1 Å². The van der Waals surface area contributed by atoms with Crippen molar-refractivity contribution in [3.8, 4) is 16.9 Å². The van der Waals surface area contributed by atoms with Crippen LogP contribution < -0.4 is 4.74 Å². The van der Waals surface area contributed by atoms with E-state index in [9.17, 15) is 9.18 Å². The smallest absolute Gasteiger partial charge is 0.159 e. The van der Waals surface area contributed by atoms with Crippen molar-refractivity contribution in [3.63, 3.8) is 0 Å². The monoisotopic (exact) mass is 244 g/mol. The lowest BCUT2D eigenvalue weighted by molar-refractivity contribution is 0.101. The van der Waals surface area contributed by atoms with Crippen LogP contribution in [0.2, 0.25) is 0 Å². The summed E-state index contributed by atoms with van der Waals surface area (Å²) in [6.07, 6.45) is 0. The van der Waals surface area contributed by atoms with Gasteiger partial charge in [0.15, 0.2) is 5.78 Å². The number of carbonyl (C=O) groups excluding carboxylic acids is 1. The highest BCUT2D eigenvalue weighted by Gasteiger charge is 2.09. The molecule has 0 heterocycles. The highest BCUT2D eigenvalue weighted by Crippen LogP contribution is 2.31.